The predicted octanol–water partition coefficient (Wildman–Crippen LogP) is 5.42. The molecule has 0 amide bonds. The highest BCUT2D eigenvalue weighted by Gasteiger charge is 2.64. The van der Waals surface area contributed by atoms with E-state index in [1.807, 2.05) is 18.2 Å². The summed E-state index contributed by atoms with van der Waals surface area (Å²) in [4.78, 5) is 26.4. The maximum absolute atomic E-state index is 13.7. The lowest BCUT2D eigenvalue weighted by Crippen LogP contribution is -2.57. The lowest BCUT2D eigenvalue weighted by Gasteiger charge is -2.60. The molecular weight excluding hydrogens is 428 g/mol. The van der Waals surface area contributed by atoms with Crippen LogP contribution in [0.5, 0.6) is 0 Å². The van der Waals surface area contributed by atoms with E-state index in [4.69, 9.17) is 14.2 Å². The number of hydrogen-bond acceptors (Lipinski definition) is 5. The van der Waals surface area contributed by atoms with Crippen molar-refractivity contribution in [2.45, 2.75) is 77.6 Å². The van der Waals surface area contributed by atoms with E-state index in [1.54, 1.807) is 12.1 Å². The first-order valence-corrected chi connectivity index (χ1v) is 13.4. The number of rotatable bonds is 3. The Hall–Kier alpha value is -1.72. The van der Waals surface area contributed by atoms with Gasteiger partial charge in [0, 0.05) is 18.3 Å². The molecule has 4 saturated carbocycles. The molecule has 5 heteroatoms. The van der Waals surface area contributed by atoms with Crippen molar-refractivity contribution in [1.82, 2.24) is 0 Å². The van der Waals surface area contributed by atoms with E-state index < -0.39 is 0 Å². The summed E-state index contributed by atoms with van der Waals surface area (Å²) in [6.45, 7) is 6.25. The van der Waals surface area contributed by atoms with Gasteiger partial charge in [-0.25, -0.2) is 4.79 Å². The van der Waals surface area contributed by atoms with Gasteiger partial charge >= 0.3 is 5.97 Å². The van der Waals surface area contributed by atoms with Gasteiger partial charge in [0.1, 0.15) is 11.9 Å². The largest absolute Gasteiger partial charge is 0.459 e. The van der Waals surface area contributed by atoms with Gasteiger partial charge < -0.3 is 14.2 Å². The quantitative estimate of drug-likeness (QED) is 0.557. The van der Waals surface area contributed by atoms with E-state index in [-0.39, 0.29) is 35.1 Å². The number of benzene rings is 1. The van der Waals surface area contributed by atoms with Gasteiger partial charge in [-0.05, 0) is 85.7 Å². The van der Waals surface area contributed by atoms with E-state index in [0.29, 0.717) is 54.7 Å². The van der Waals surface area contributed by atoms with Crippen LogP contribution in [0, 0.1) is 40.4 Å². The van der Waals surface area contributed by atoms with Crippen LogP contribution in [0.4, 0.5) is 0 Å². The molecule has 0 bridgehead atoms. The van der Waals surface area contributed by atoms with Crippen molar-refractivity contribution < 1.29 is 23.8 Å². The van der Waals surface area contributed by atoms with Crippen LogP contribution in [-0.4, -0.2) is 37.4 Å². The summed E-state index contributed by atoms with van der Waals surface area (Å²) in [6, 6.07) is 9.25. The van der Waals surface area contributed by atoms with E-state index in [2.05, 4.69) is 13.8 Å². The van der Waals surface area contributed by atoms with Crippen LogP contribution >= 0.6 is 0 Å². The third kappa shape index (κ3) is 3.49. The molecule has 0 aromatic heterocycles. The van der Waals surface area contributed by atoms with Crippen molar-refractivity contribution in [1.29, 1.82) is 0 Å². The molecule has 0 N–H and O–H groups in total. The first-order chi connectivity index (χ1) is 16.4. The molecule has 8 atom stereocenters. The van der Waals surface area contributed by atoms with Gasteiger partial charge in [0.2, 0.25) is 0 Å². The molecule has 5 aliphatic rings. The number of ether oxygens (including phenoxy) is 3. The topological polar surface area (TPSA) is 61.8 Å². The molecule has 1 aromatic rings. The molecule has 1 aliphatic heterocycles. The highest BCUT2D eigenvalue weighted by molar-refractivity contribution is 5.89. The average molecular weight is 467 g/mol. The highest BCUT2D eigenvalue weighted by Crippen LogP contribution is 2.67. The van der Waals surface area contributed by atoms with Crippen molar-refractivity contribution in [3.05, 3.63) is 35.9 Å². The number of ketones is 1. The molecule has 34 heavy (non-hydrogen) atoms. The maximum atomic E-state index is 13.7. The van der Waals surface area contributed by atoms with Gasteiger partial charge in [-0.15, -0.1) is 0 Å². The Morgan fingerprint density at radius 2 is 1.59 bits per heavy atom. The first-order valence-electron chi connectivity index (χ1n) is 13.4. The van der Waals surface area contributed by atoms with E-state index >= 15 is 0 Å². The van der Waals surface area contributed by atoms with E-state index in [0.717, 1.165) is 44.9 Å². The Bertz CT molecular complexity index is 939. The van der Waals surface area contributed by atoms with Crippen molar-refractivity contribution in [2.75, 3.05) is 13.2 Å². The summed E-state index contributed by atoms with van der Waals surface area (Å²) in [6.07, 6.45) is 7.75. The van der Waals surface area contributed by atoms with Gasteiger partial charge in [0.15, 0.2) is 6.29 Å². The number of Topliss-reactive ketones (excluding diaryl/α,β-unsaturated/α-hetero) is 1. The molecule has 5 nitrogen and oxygen atoms in total. The summed E-state index contributed by atoms with van der Waals surface area (Å²) in [5.41, 5.74) is 0.902. The van der Waals surface area contributed by atoms with Gasteiger partial charge in [0.05, 0.1) is 18.8 Å². The number of fused-ring (bicyclic) bond motifs is 5. The SMILES string of the molecule is C[C@]12CCC3C(C(=O)CC4C[C@@H](OC(=O)c5ccccc5)CC[C@@]43C)C1CCC2C1OCCO1. The Morgan fingerprint density at radius 3 is 2.35 bits per heavy atom. The van der Waals surface area contributed by atoms with Crippen molar-refractivity contribution in [3.63, 3.8) is 0 Å². The van der Waals surface area contributed by atoms with Crippen molar-refractivity contribution in [3.8, 4) is 0 Å². The van der Waals surface area contributed by atoms with Crippen molar-refractivity contribution >= 4 is 11.8 Å². The normalized spacial score (nSPS) is 44.2. The smallest absolute Gasteiger partial charge is 0.338 e. The minimum absolute atomic E-state index is 0.0803. The molecule has 1 aromatic carbocycles. The first kappa shape index (κ1) is 22.7. The van der Waals surface area contributed by atoms with Crippen LogP contribution in [0.25, 0.3) is 0 Å². The fourth-order valence-corrected chi connectivity index (χ4v) is 8.89. The number of esters is 1. The van der Waals surface area contributed by atoms with Crippen LogP contribution < -0.4 is 0 Å². The fourth-order valence-electron chi connectivity index (χ4n) is 8.89. The van der Waals surface area contributed by atoms with Gasteiger partial charge in [-0.3, -0.25) is 4.79 Å². The molecule has 5 unspecified atom stereocenters. The summed E-state index contributed by atoms with van der Waals surface area (Å²) in [5.74, 6) is 2.02. The van der Waals surface area contributed by atoms with Gasteiger partial charge in [-0.2, -0.15) is 0 Å². The third-order valence-electron chi connectivity index (χ3n) is 10.8. The molecule has 6 rings (SSSR count). The van der Waals surface area contributed by atoms with Crippen LogP contribution in [0.15, 0.2) is 30.3 Å². The molecule has 184 valence electrons. The van der Waals surface area contributed by atoms with Crippen molar-refractivity contribution in [2.24, 2.45) is 40.4 Å². The predicted molar refractivity (Wildman–Crippen MR) is 127 cm³/mol. The average Bonchev–Trinajstić information content (AvgIpc) is 3.48. The van der Waals surface area contributed by atoms with Crippen LogP contribution in [0.2, 0.25) is 0 Å². The second kappa shape index (κ2) is 8.44. The number of carbonyl (C=O) groups excluding carboxylic acids is 2. The molecule has 1 heterocycles. The van der Waals surface area contributed by atoms with Crippen LogP contribution in [-0.2, 0) is 19.0 Å². The van der Waals surface area contributed by atoms with Gasteiger partial charge in [0.25, 0.3) is 0 Å². The fraction of sp³-hybridized carbons (Fsp3) is 0.724. The maximum Gasteiger partial charge on any atom is 0.338 e. The Kier molecular flexibility index (Phi) is 5.64. The van der Waals surface area contributed by atoms with E-state index in [1.165, 1.54) is 0 Å². The second-order valence-electron chi connectivity index (χ2n) is 12.1. The van der Waals surface area contributed by atoms with Gasteiger partial charge in [-0.1, -0.05) is 32.0 Å². The zero-order valence-corrected chi connectivity index (χ0v) is 20.5. The lowest BCUT2D eigenvalue weighted by molar-refractivity contribution is -0.171. The molecule has 4 aliphatic carbocycles. The highest BCUT2D eigenvalue weighted by atomic mass is 16.7. The molecule has 1 saturated heterocycles. The molecule has 0 radical (unpaired) electrons. The molecule has 0 spiro atoms. The zero-order valence-electron chi connectivity index (χ0n) is 20.5. The molecule has 5 fully saturated rings. The molecular formula is C29H38O5. The standard InChI is InChI=1S/C29H38O5/c1-28-12-10-20(34-26(31)18-6-4-3-5-7-18)16-19(28)17-24(30)25-21-8-9-23(27-32-14-15-33-27)29(21,2)13-11-22(25)28/h3-7,19-23,25,27H,8-17H2,1-2H3/t19?,20-,21?,22?,23?,25?,28-,29-/m0/s1. The Morgan fingerprint density at radius 1 is 0.912 bits per heavy atom. The Labute approximate surface area is 202 Å². The summed E-state index contributed by atoms with van der Waals surface area (Å²) in [7, 11) is 0. The lowest BCUT2D eigenvalue weighted by atomic mass is 9.44. The van der Waals surface area contributed by atoms with Crippen LogP contribution in [0.3, 0.4) is 0 Å². The minimum atomic E-state index is -0.240. The second-order valence-corrected chi connectivity index (χ2v) is 12.1. The third-order valence-corrected chi connectivity index (χ3v) is 10.8. The summed E-state index contributed by atoms with van der Waals surface area (Å²) >= 11 is 0. The summed E-state index contributed by atoms with van der Waals surface area (Å²) < 4.78 is 17.8. The number of hydrogen-bond donors (Lipinski definition) is 0. The number of carbonyl (C=O) groups is 2. The Balaban J connectivity index is 1.18. The van der Waals surface area contributed by atoms with Crippen LogP contribution in [0.1, 0.15) is 75.6 Å². The van der Waals surface area contributed by atoms with E-state index in [9.17, 15) is 9.59 Å². The summed E-state index contributed by atoms with van der Waals surface area (Å²) in [5, 5.41) is 0. The monoisotopic (exact) mass is 466 g/mol. The zero-order chi connectivity index (χ0) is 23.5. The minimum Gasteiger partial charge on any atom is -0.459 e.